The van der Waals surface area contributed by atoms with E-state index in [2.05, 4.69) is 4.90 Å². The lowest BCUT2D eigenvalue weighted by atomic mass is 9.94. The Morgan fingerprint density at radius 1 is 1.08 bits per heavy atom. The second-order valence-electron chi connectivity index (χ2n) is 9.76. The van der Waals surface area contributed by atoms with Gasteiger partial charge in [0.25, 0.3) is 11.7 Å². The van der Waals surface area contributed by atoms with Gasteiger partial charge in [0.15, 0.2) is 0 Å². The maximum Gasteiger partial charge on any atom is 0.295 e. The number of nitrogens with zero attached hydrogens (tertiary/aromatic N) is 2. The standard InChI is InChI=1S/C29H34N2O6/c1-3-36-23-8-5-20(6-9-23)26-25(27(32)21-7-10-24-22(18-21)17-19(2)37-24)28(33)29(34)31(26)12-4-11-30-13-15-35-16-14-30/h5-10,18-19,26,32H,3-4,11-17H2,1-2H3/t19-,26+/m0/s1. The molecule has 1 amide bonds. The molecule has 2 fully saturated rings. The van der Waals surface area contributed by atoms with Gasteiger partial charge < -0.3 is 24.2 Å². The van der Waals surface area contributed by atoms with Crippen molar-refractivity contribution in [3.05, 3.63) is 64.7 Å². The predicted molar refractivity (Wildman–Crippen MR) is 139 cm³/mol. The summed E-state index contributed by atoms with van der Waals surface area (Å²) in [4.78, 5) is 30.5. The number of Topliss-reactive ketones (excluding diaryl/α,β-unsaturated/α-hetero) is 1. The van der Waals surface area contributed by atoms with Crippen LogP contribution in [-0.2, 0) is 20.7 Å². The van der Waals surface area contributed by atoms with Crippen molar-refractivity contribution in [2.45, 2.75) is 38.8 Å². The van der Waals surface area contributed by atoms with Crippen molar-refractivity contribution in [1.29, 1.82) is 0 Å². The Balaban J connectivity index is 1.47. The second-order valence-corrected chi connectivity index (χ2v) is 9.76. The van der Waals surface area contributed by atoms with E-state index in [-0.39, 0.29) is 17.4 Å². The molecule has 2 aromatic carbocycles. The lowest BCUT2D eigenvalue weighted by Gasteiger charge is -2.29. The Hall–Kier alpha value is -3.36. The zero-order valence-electron chi connectivity index (χ0n) is 21.4. The number of carbonyl (C=O) groups is 2. The van der Waals surface area contributed by atoms with Crippen molar-refractivity contribution >= 4 is 17.4 Å². The van der Waals surface area contributed by atoms with Gasteiger partial charge in [-0.25, -0.2) is 0 Å². The summed E-state index contributed by atoms with van der Waals surface area (Å²) in [6.45, 7) is 8.82. The van der Waals surface area contributed by atoms with Crippen LogP contribution in [0, 0.1) is 0 Å². The van der Waals surface area contributed by atoms with Crippen LogP contribution in [0.5, 0.6) is 11.5 Å². The van der Waals surface area contributed by atoms with E-state index in [0.29, 0.717) is 44.1 Å². The van der Waals surface area contributed by atoms with E-state index in [1.54, 1.807) is 11.0 Å². The molecular weight excluding hydrogens is 472 g/mol. The van der Waals surface area contributed by atoms with Crippen LogP contribution in [-0.4, -0.2) is 78.7 Å². The van der Waals surface area contributed by atoms with Crippen LogP contribution in [0.3, 0.4) is 0 Å². The number of hydrogen-bond acceptors (Lipinski definition) is 7. The average molecular weight is 507 g/mol. The minimum absolute atomic E-state index is 0.0632. The minimum atomic E-state index is -0.677. The topological polar surface area (TPSA) is 88.5 Å². The van der Waals surface area contributed by atoms with Crippen molar-refractivity contribution < 1.29 is 28.9 Å². The fourth-order valence-electron chi connectivity index (χ4n) is 5.38. The molecule has 37 heavy (non-hydrogen) atoms. The number of fused-ring (bicyclic) bond motifs is 1. The molecule has 0 bridgehead atoms. The van der Waals surface area contributed by atoms with E-state index < -0.39 is 17.7 Å². The van der Waals surface area contributed by atoms with Crippen molar-refractivity contribution in [3.8, 4) is 11.5 Å². The van der Waals surface area contributed by atoms with E-state index in [4.69, 9.17) is 14.2 Å². The molecule has 3 aliphatic heterocycles. The molecule has 8 nitrogen and oxygen atoms in total. The number of aliphatic hydroxyl groups excluding tert-OH is 1. The molecular formula is C29H34N2O6. The van der Waals surface area contributed by atoms with Crippen LogP contribution in [0.1, 0.15) is 43.0 Å². The van der Waals surface area contributed by atoms with E-state index in [1.165, 1.54) is 0 Å². The van der Waals surface area contributed by atoms with E-state index in [1.807, 2.05) is 50.2 Å². The second kappa shape index (κ2) is 10.9. The number of morpholine rings is 1. The van der Waals surface area contributed by atoms with Crippen LogP contribution >= 0.6 is 0 Å². The maximum atomic E-state index is 13.3. The molecule has 0 spiro atoms. The van der Waals surface area contributed by atoms with Gasteiger partial charge in [-0.15, -0.1) is 0 Å². The van der Waals surface area contributed by atoms with Gasteiger partial charge in [-0.3, -0.25) is 14.5 Å². The first kappa shape index (κ1) is 25.3. The first-order chi connectivity index (χ1) is 18.0. The van der Waals surface area contributed by atoms with Gasteiger partial charge in [-0.2, -0.15) is 0 Å². The normalized spacial score (nSPS) is 23.2. The number of amides is 1. The number of ether oxygens (including phenoxy) is 3. The third-order valence-electron chi connectivity index (χ3n) is 7.19. The number of benzene rings is 2. The largest absolute Gasteiger partial charge is 0.507 e. The monoisotopic (exact) mass is 506 g/mol. The fourth-order valence-corrected chi connectivity index (χ4v) is 5.38. The van der Waals surface area contributed by atoms with Gasteiger partial charge in [0.05, 0.1) is 31.4 Å². The summed E-state index contributed by atoms with van der Waals surface area (Å²) in [5.74, 6) is 0.0996. The quantitative estimate of drug-likeness (QED) is 0.333. The van der Waals surface area contributed by atoms with E-state index in [9.17, 15) is 14.7 Å². The van der Waals surface area contributed by atoms with Crippen molar-refractivity contribution in [2.75, 3.05) is 46.0 Å². The zero-order valence-corrected chi connectivity index (χ0v) is 21.4. The van der Waals surface area contributed by atoms with E-state index in [0.717, 1.165) is 42.9 Å². The molecule has 2 saturated heterocycles. The molecule has 0 unspecified atom stereocenters. The number of ketones is 1. The molecule has 1 N–H and O–H groups in total. The minimum Gasteiger partial charge on any atom is -0.507 e. The average Bonchev–Trinajstić information content (AvgIpc) is 3.40. The Bertz CT molecular complexity index is 1190. The molecule has 2 aromatic rings. The SMILES string of the molecule is CCOc1ccc([C@@H]2C(=C(O)c3ccc4c(c3)C[C@H](C)O4)C(=O)C(=O)N2CCCN2CCOCC2)cc1. The van der Waals surface area contributed by atoms with Crippen LogP contribution in [0.4, 0.5) is 0 Å². The molecule has 8 heteroatoms. The molecule has 0 radical (unpaired) electrons. The summed E-state index contributed by atoms with van der Waals surface area (Å²) >= 11 is 0. The summed E-state index contributed by atoms with van der Waals surface area (Å²) in [6.07, 6.45) is 1.51. The Morgan fingerprint density at radius 3 is 2.57 bits per heavy atom. The number of likely N-dealkylation sites (tertiary alicyclic amines) is 1. The summed E-state index contributed by atoms with van der Waals surface area (Å²) in [5.41, 5.74) is 2.37. The van der Waals surface area contributed by atoms with Gasteiger partial charge in [0, 0.05) is 38.2 Å². The van der Waals surface area contributed by atoms with Crippen molar-refractivity contribution in [3.63, 3.8) is 0 Å². The molecule has 3 aliphatic rings. The van der Waals surface area contributed by atoms with Gasteiger partial charge in [-0.1, -0.05) is 12.1 Å². The van der Waals surface area contributed by atoms with Crippen molar-refractivity contribution in [1.82, 2.24) is 9.80 Å². The highest BCUT2D eigenvalue weighted by Gasteiger charge is 2.46. The lowest BCUT2D eigenvalue weighted by Crippen LogP contribution is -2.38. The first-order valence-electron chi connectivity index (χ1n) is 13.1. The number of aliphatic hydroxyl groups is 1. The molecule has 5 rings (SSSR count). The molecule has 196 valence electrons. The van der Waals surface area contributed by atoms with Gasteiger partial charge in [0.2, 0.25) is 0 Å². The van der Waals surface area contributed by atoms with Gasteiger partial charge in [0.1, 0.15) is 23.4 Å². The highest BCUT2D eigenvalue weighted by Crippen LogP contribution is 2.41. The van der Waals surface area contributed by atoms with Crippen LogP contribution in [0.2, 0.25) is 0 Å². The molecule has 3 heterocycles. The zero-order chi connectivity index (χ0) is 25.9. The van der Waals surface area contributed by atoms with Crippen LogP contribution in [0.15, 0.2) is 48.0 Å². The summed E-state index contributed by atoms with van der Waals surface area (Å²) in [5, 5.41) is 11.4. The van der Waals surface area contributed by atoms with Crippen LogP contribution in [0.25, 0.3) is 5.76 Å². The smallest absolute Gasteiger partial charge is 0.295 e. The number of rotatable bonds is 8. The molecule has 0 aliphatic carbocycles. The third-order valence-corrected chi connectivity index (χ3v) is 7.19. The first-order valence-corrected chi connectivity index (χ1v) is 13.1. The Labute approximate surface area is 217 Å². The highest BCUT2D eigenvalue weighted by atomic mass is 16.5. The maximum absolute atomic E-state index is 13.3. The molecule has 0 aromatic heterocycles. The third kappa shape index (κ3) is 5.22. The molecule has 0 saturated carbocycles. The highest BCUT2D eigenvalue weighted by molar-refractivity contribution is 6.46. The summed E-state index contributed by atoms with van der Waals surface area (Å²) < 4.78 is 16.8. The molecule has 2 atom stereocenters. The Morgan fingerprint density at radius 2 is 1.84 bits per heavy atom. The van der Waals surface area contributed by atoms with Gasteiger partial charge in [-0.05, 0) is 61.7 Å². The fraction of sp³-hybridized carbons (Fsp3) is 0.448. The van der Waals surface area contributed by atoms with Gasteiger partial charge >= 0.3 is 0 Å². The summed E-state index contributed by atoms with van der Waals surface area (Å²) in [6, 6.07) is 12.1. The van der Waals surface area contributed by atoms with Crippen LogP contribution < -0.4 is 9.47 Å². The number of carbonyl (C=O) groups excluding carboxylic acids is 2. The number of hydrogen-bond donors (Lipinski definition) is 1. The van der Waals surface area contributed by atoms with E-state index >= 15 is 0 Å². The Kier molecular flexibility index (Phi) is 7.48. The predicted octanol–water partition coefficient (Wildman–Crippen LogP) is 3.55. The van der Waals surface area contributed by atoms with Crippen molar-refractivity contribution in [2.24, 2.45) is 0 Å². The lowest BCUT2D eigenvalue weighted by molar-refractivity contribution is -0.140. The summed E-state index contributed by atoms with van der Waals surface area (Å²) in [7, 11) is 0.